The van der Waals surface area contributed by atoms with Crippen LogP contribution in [0, 0.1) is 13.8 Å². The van der Waals surface area contributed by atoms with Crippen LogP contribution in [0.25, 0.3) is 5.69 Å². The monoisotopic (exact) mass is 432 g/mol. The molecule has 0 aliphatic carbocycles. The normalized spacial score (nSPS) is 12.6. The number of thioether (sulfide) groups is 1. The number of amides is 1. The molecule has 0 aliphatic rings. The van der Waals surface area contributed by atoms with E-state index in [2.05, 4.69) is 5.32 Å². The van der Waals surface area contributed by atoms with E-state index in [1.807, 2.05) is 37.4 Å². The minimum Gasteiger partial charge on any atom is -0.345 e. The number of nitrogens with zero attached hydrogens (tertiary/aromatic N) is 1. The molecule has 0 saturated carbocycles. The second kappa shape index (κ2) is 8.60. The van der Waals surface area contributed by atoms with Crippen molar-refractivity contribution >= 4 is 17.7 Å². The van der Waals surface area contributed by atoms with Crippen molar-refractivity contribution in [3.63, 3.8) is 0 Å². The van der Waals surface area contributed by atoms with Crippen molar-refractivity contribution in [3.8, 4) is 5.69 Å². The SMILES string of the molecule is CSc1ccccc1C(C)NC(=O)c1cc(C)n(-c2ccccc2C(F)(F)F)c1C. The molecule has 0 bridgehead atoms. The average Bonchev–Trinajstić information content (AvgIpc) is 3.01. The lowest BCUT2D eigenvalue weighted by atomic mass is 10.1. The first-order chi connectivity index (χ1) is 14.1. The first-order valence-electron chi connectivity index (χ1n) is 9.44. The average molecular weight is 433 g/mol. The smallest absolute Gasteiger partial charge is 0.345 e. The van der Waals surface area contributed by atoms with Gasteiger partial charge in [-0.3, -0.25) is 4.79 Å². The van der Waals surface area contributed by atoms with Gasteiger partial charge in [-0.05, 0) is 56.9 Å². The zero-order chi connectivity index (χ0) is 22.1. The van der Waals surface area contributed by atoms with Crippen molar-refractivity contribution in [1.82, 2.24) is 9.88 Å². The molecule has 0 aliphatic heterocycles. The Morgan fingerprint density at radius 3 is 2.37 bits per heavy atom. The summed E-state index contributed by atoms with van der Waals surface area (Å²) >= 11 is 1.60. The van der Waals surface area contributed by atoms with E-state index in [4.69, 9.17) is 0 Å². The van der Waals surface area contributed by atoms with Crippen LogP contribution >= 0.6 is 11.8 Å². The molecule has 0 spiro atoms. The van der Waals surface area contributed by atoms with Crippen LogP contribution in [0.15, 0.2) is 59.5 Å². The molecule has 1 N–H and O–H groups in total. The number of aryl methyl sites for hydroxylation is 1. The van der Waals surface area contributed by atoms with Crippen LogP contribution in [-0.4, -0.2) is 16.7 Å². The second-order valence-corrected chi connectivity index (χ2v) is 7.92. The standard InChI is InChI=1S/C23H23F3N2OS/c1-14-13-18(22(29)27-15(2)17-9-5-8-12-21(17)30-4)16(3)28(14)20-11-7-6-10-19(20)23(24,25)26/h5-13,15H,1-4H3,(H,27,29). The fourth-order valence-electron chi connectivity index (χ4n) is 3.65. The van der Waals surface area contributed by atoms with Gasteiger partial charge >= 0.3 is 6.18 Å². The molecule has 3 nitrogen and oxygen atoms in total. The van der Waals surface area contributed by atoms with Gasteiger partial charge in [-0.25, -0.2) is 0 Å². The van der Waals surface area contributed by atoms with E-state index in [9.17, 15) is 18.0 Å². The van der Waals surface area contributed by atoms with E-state index in [-0.39, 0.29) is 17.6 Å². The Balaban J connectivity index is 1.96. The molecular formula is C23H23F3N2OS. The topological polar surface area (TPSA) is 34.0 Å². The number of benzene rings is 2. The number of aromatic nitrogens is 1. The molecule has 2 aromatic carbocycles. The molecule has 1 heterocycles. The zero-order valence-electron chi connectivity index (χ0n) is 17.2. The molecule has 1 amide bonds. The highest BCUT2D eigenvalue weighted by atomic mass is 32.2. The lowest BCUT2D eigenvalue weighted by molar-refractivity contribution is -0.137. The predicted octanol–water partition coefficient (Wildman–Crippen LogP) is 6.33. The van der Waals surface area contributed by atoms with E-state index in [1.54, 1.807) is 37.7 Å². The quantitative estimate of drug-likeness (QED) is 0.478. The van der Waals surface area contributed by atoms with E-state index in [0.29, 0.717) is 17.0 Å². The molecule has 1 unspecified atom stereocenters. The number of nitrogens with one attached hydrogen (secondary N) is 1. The fourth-order valence-corrected chi connectivity index (χ4v) is 4.34. The summed E-state index contributed by atoms with van der Waals surface area (Å²) in [5.74, 6) is -0.317. The van der Waals surface area contributed by atoms with Gasteiger partial charge in [0.25, 0.3) is 5.91 Å². The Hall–Kier alpha value is -2.67. The highest BCUT2D eigenvalue weighted by molar-refractivity contribution is 7.98. The zero-order valence-corrected chi connectivity index (χ0v) is 18.0. The van der Waals surface area contributed by atoms with E-state index >= 15 is 0 Å². The lowest BCUT2D eigenvalue weighted by Crippen LogP contribution is -2.27. The summed E-state index contributed by atoms with van der Waals surface area (Å²) in [5.41, 5.74) is 1.66. The Labute approximate surface area is 178 Å². The van der Waals surface area contributed by atoms with Gasteiger partial charge in [0.2, 0.25) is 0 Å². The van der Waals surface area contributed by atoms with Gasteiger partial charge in [-0.1, -0.05) is 30.3 Å². The summed E-state index contributed by atoms with van der Waals surface area (Å²) in [6.07, 6.45) is -2.52. The van der Waals surface area contributed by atoms with Gasteiger partial charge in [0.1, 0.15) is 0 Å². The number of carbonyl (C=O) groups is 1. The third-order valence-corrected chi connectivity index (χ3v) is 5.89. The Morgan fingerprint density at radius 1 is 1.07 bits per heavy atom. The summed E-state index contributed by atoms with van der Waals surface area (Å²) in [7, 11) is 0. The number of alkyl halides is 3. The fraction of sp³-hybridized carbons (Fsp3) is 0.261. The number of rotatable bonds is 5. The maximum Gasteiger partial charge on any atom is 0.418 e. The molecule has 3 aromatic rings. The molecule has 0 fully saturated rings. The van der Waals surface area contributed by atoms with E-state index in [0.717, 1.165) is 16.5 Å². The summed E-state index contributed by atoms with van der Waals surface area (Å²) in [6.45, 7) is 5.25. The van der Waals surface area contributed by atoms with Crippen molar-refractivity contribution in [2.45, 2.75) is 37.9 Å². The third-order valence-electron chi connectivity index (χ3n) is 5.08. The first kappa shape index (κ1) is 22.0. The van der Waals surface area contributed by atoms with Crippen molar-refractivity contribution in [3.05, 3.63) is 82.7 Å². The summed E-state index contributed by atoms with van der Waals surface area (Å²) in [6, 6.07) is 14.6. The van der Waals surface area contributed by atoms with E-state index in [1.165, 1.54) is 16.7 Å². The van der Waals surface area contributed by atoms with Crippen LogP contribution < -0.4 is 5.32 Å². The van der Waals surface area contributed by atoms with Crippen molar-refractivity contribution < 1.29 is 18.0 Å². The highest BCUT2D eigenvalue weighted by Crippen LogP contribution is 2.35. The number of hydrogen-bond acceptors (Lipinski definition) is 2. The van der Waals surface area contributed by atoms with Gasteiger partial charge in [-0.15, -0.1) is 11.8 Å². The second-order valence-electron chi connectivity index (χ2n) is 7.07. The summed E-state index contributed by atoms with van der Waals surface area (Å²) in [4.78, 5) is 14.0. The molecule has 0 saturated heterocycles. The van der Waals surface area contributed by atoms with Crippen molar-refractivity contribution in [2.24, 2.45) is 0 Å². The number of para-hydroxylation sites is 1. The van der Waals surface area contributed by atoms with Crippen LogP contribution in [0.2, 0.25) is 0 Å². The molecule has 158 valence electrons. The molecule has 7 heteroatoms. The van der Waals surface area contributed by atoms with Gasteiger partial charge in [-0.2, -0.15) is 13.2 Å². The maximum atomic E-state index is 13.5. The number of hydrogen-bond donors (Lipinski definition) is 1. The van der Waals surface area contributed by atoms with Crippen molar-refractivity contribution in [1.29, 1.82) is 0 Å². The lowest BCUT2D eigenvalue weighted by Gasteiger charge is -2.18. The third kappa shape index (κ3) is 4.26. The molecule has 0 radical (unpaired) electrons. The molecular weight excluding hydrogens is 409 g/mol. The first-order valence-corrected chi connectivity index (χ1v) is 10.7. The van der Waals surface area contributed by atoms with Gasteiger partial charge in [0.15, 0.2) is 0 Å². The van der Waals surface area contributed by atoms with Crippen LogP contribution in [0.5, 0.6) is 0 Å². The maximum absolute atomic E-state index is 13.5. The van der Waals surface area contributed by atoms with Crippen LogP contribution in [0.4, 0.5) is 13.2 Å². The predicted molar refractivity (Wildman–Crippen MR) is 114 cm³/mol. The van der Waals surface area contributed by atoms with Crippen molar-refractivity contribution in [2.75, 3.05) is 6.26 Å². The largest absolute Gasteiger partial charge is 0.418 e. The molecule has 1 atom stereocenters. The Bertz CT molecular complexity index is 1070. The minimum atomic E-state index is -4.49. The van der Waals surface area contributed by atoms with E-state index < -0.39 is 11.7 Å². The van der Waals surface area contributed by atoms with Gasteiger partial charge < -0.3 is 9.88 Å². The molecule has 1 aromatic heterocycles. The molecule has 3 rings (SSSR count). The number of halogens is 3. The van der Waals surface area contributed by atoms with Crippen LogP contribution in [0.1, 0.15) is 45.8 Å². The summed E-state index contributed by atoms with van der Waals surface area (Å²) < 4.78 is 42.0. The summed E-state index contributed by atoms with van der Waals surface area (Å²) in [5, 5.41) is 2.98. The van der Waals surface area contributed by atoms with Gasteiger partial charge in [0.05, 0.1) is 22.9 Å². The van der Waals surface area contributed by atoms with Gasteiger partial charge in [0, 0.05) is 16.3 Å². The Morgan fingerprint density at radius 2 is 1.70 bits per heavy atom. The van der Waals surface area contributed by atoms with Crippen LogP contribution in [0.3, 0.4) is 0 Å². The highest BCUT2D eigenvalue weighted by Gasteiger charge is 2.34. The number of carbonyl (C=O) groups excluding carboxylic acids is 1. The molecule has 30 heavy (non-hydrogen) atoms. The van der Waals surface area contributed by atoms with Crippen LogP contribution in [-0.2, 0) is 6.18 Å². The minimum absolute atomic E-state index is 0.0137. The Kier molecular flexibility index (Phi) is 6.31.